The molecule has 430 valence electrons. The number of hydrogen-bond donors (Lipinski definition) is 0. The molecule has 0 aromatic carbocycles. The fourth-order valence-corrected chi connectivity index (χ4v) is 8.25. The highest BCUT2D eigenvalue weighted by atomic mass is 16.6. The van der Waals surface area contributed by atoms with Gasteiger partial charge < -0.3 is 14.2 Å². The summed E-state index contributed by atoms with van der Waals surface area (Å²) in [6, 6.07) is 0. The fraction of sp³-hybridized carbons (Fsp3) is 0.643. The molecule has 6 heteroatoms. The Morgan fingerprint density at radius 2 is 0.513 bits per heavy atom. The maximum Gasteiger partial charge on any atom is 0.306 e. The molecule has 0 aromatic heterocycles. The zero-order chi connectivity index (χ0) is 55.0. The molecule has 0 radical (unpaired) electrons. The molecule has 76 heavy (non-hydrogen) atoms. The third kappa shape index (κ3) is 60.4. The van der Waals surface area contributed by atoms with E-state index in [0.717, 1.165) is 173 Å². The summed E-state index contributed by atoms with van der Waals surface area (Å²) in [5.41, 5.74) is 0. The van der Waals surface area contributed by atoms with E-state index in [9.17, 15) is 14.4 Å². The second kappa shape index (κ2) is 63.1. The van der Waals surface area contributed by atoms with Crippen molar-refractivity contribution in [1.82, 2.24) is 0 Å². The highest BCUT2D eigenvalue weighted by Gasteiger charge is 2.19. The molecule has 0 rings (SSSR count). The van der Waals surface area contributed by atoms with Crippen molar-refractivity contribution in [2.24, 2.45) is 0 Å². The summed E-state index contributed by atoms with van der Waals surface area (Å²) < 4.78 is 16.9. The van der Waals surface area contributed by atoms with E-state index in [4.69, 9.17) is 14.2 Å². The van der Waals surface area contributed by atoms with Gasteiger partial charge >= 0.3 is 17.9 Å². The Hall–Kier alpha value is -4.45. The van der Waals surface area contributed by atoms with E-state index < -0.39 is 6.10 Å². The van der Waals surface area contributed by atoms with Gasteiger partial charge in [0.1, 0.15) is 13.2 Å². The minimum atomic E-state index is -0.804. The molecule has 0 N–H and O–H groups in total. The Morgan fingerprint density at radius 3 is 0.816 bits per heavy atom. The largest absolute Gasteiger partial charge is 0.462 e. The first-order valence-corrected chi connectivity index (χ1v) is 31.2. The molecule has 0 bridgehead atoms. The summed E-state index contributed by atoms with van der Waals surface area (Å²) in [7, 11) is 0. The van der Waals surface area contributed by atoms with Crippen LogP contribution in [-0.4, -0.2) is 37.2 Å². The van der Waals surface area contributed by atoms with E-state index in [1.165, 1.54) is 57.8 Å². The van der Waals surface area contributed by atoms with E-state index in [1.54, 1.807) is 0 Å². The van der Waals surface area contributed by atoms with Gasteiger partial charge in [-0.3, -0.25) is 14.4 Å². The van der Waals surface area contributed by atoms with Gasteiger partial charge in [0.05, 0.1) is 0 Å². The van der Waals surface area contributed by atoms with Gasteiger partial charge in [0.25, 0.3) is 0 Å². The third-order valence-corrected chi connectivity index (χ3v) is 12.9. The Kier molecular flexibility index (Phi) is 59.4. The lowest BCUT2D eigenvalue weighted by Crippen LogP contribution is -2.30. The van der Waals surface area contributed by atoms with Crippen LogP contribution < -0.4 is 0 Å². The Labute approximate surface area is 468 Å². The number of ether oxygens (including phenoxy) is 3. The van der Waals surface area contributed by atoms with Gasteiger partial charge in [-0.15, -0.1) is 0 Å². The van der Waals surface area contributed by atoms with Crippen molar-refractivity contribution < 1.29 is 28.6 Å². The summed E-state index contributed by atoms with van der Waals surface area (Å²) in [5.74, 6) is -0.943. The lowest BCUT2D eigenvalue weighted by Gasteiger charge is -2.18. The van der Waals surface area contributed by atoms with Crippen molar-refractivity contribution in [2.45, 2.75) is 277 Å². The van der Waals surface area contributed by atoms with Crippen molar-refractivity contribution in [3.05, 3.63) is 134 Å². The van der Waals surface area contributed by atoms with Crippen LogP contribution in [0.4, 0.5) is 0 Å². The van der Waals surface area contributed by atoms with Crippen LogP contribution in [0.5, 0.6) is 0 Å². The minimum absolute atomic E-state index is 0.100. The van der Waals surface area contributed by atoms with Crippen LogP contribution in [0.1, 0.15) is 271 Å². The molecule has 0 saturated carbocycles. The van der Waals surface area contributed by atoms with Crippen LogP contribution in [0, 0.1) is 0 Å². The predicted molar refractivity (Wildman–Crippen MR) is 329 cm³/mol. The van der Waals surface area contributed by atoms with E-state index in [1.807, 2.05) is 0 Å². The maximum atomic E-state index is 12.9. The number of carbonyl (C=O) groups is 3. The standard InChI is InChI=1S/C70H114O6/c1-4-7-10-13-16-19-22-25-28-30-31-32-33-34-35-36-37-38-39-40-43-45-48-51-54-57-60-63-69(72)75-66-67(65-74-68(71)62-59-56-53-50-47-44-41-27-24-21-18-15-12-9-6-3)76-70(73)64-61-58-55-52-49-46-42-29-26-23-20-17-14-11-8-5-2/h7,9-10,12,16,18-19,21,25,27-29,31-32,34-35,37-38,40-43,67H,4-6,8,11,13-15,17,20,22-24,26,30,33,36,39,44-66H2,1-3H3/b10-7-,12-9-,19-16-,21-18-,28-25-,32-31-,35-34-,38-37-,41-27-,42-29-,43-40-. The van der Waals surface area contributed by atoms with Gasteiger partial charge in [0.2, 0.25) is 0 Å². The molecule has 0 aromatic rings. The van der Waals surface area contributed by atoms with Gasteiger partial charge in [-0.1, -0.05) is 251 Å². The number of hydrogen-bond acceptors (Lipinski definition) is 6. The number of unbranched alkanes of at least 4 members (excludes halogenated alkanes) is 22. The second-order valence-electron chi connectivity index (χ2n) is 20.2. The molecule has 0 amide bonds. The first-order chi connectivity index (χ1) is 37.5. The highest BCUT2D eigenvalue weighted by Crippen LogP contribution is 2.14. The quantitative estimate of drug-likeness (QED) is 0.0261. The maximum absolute atomic E-state index is 12.9. The normalized spacial score (nSPS) is 13.0. The van der Waals surface area contributed by atoms with Crippen molar-refractivity contribution in [3.8, 4) is 0 Å². The van der Waals surface area contributed by atoms with Crippen LogP contribution in [0.3, 0.4) is 0 Å². The zero-order valence-corrected chi connectivity index (χ0v) is 49.2. The van der Waals surface area contributed by atoms with Crippen molar-refractivity contribution in [3.63, 3.8) is 0 Å². The molecule has 1 atom stereocenters. The SMILES string of the molecule is CC/C=C\C/C=C\C/C=C\C/C=C\C/C=C\C/C=C\C/C=C\CCCCCCCC(=O)OCC(COC(=O)CCCCCCC/C=C\C/C=C\C/C=C\CC)OC(=O)CCCCCCC/C=C\CCCCCCCCC. The van der Waals surface area contributed by atoms with Gasteiger partial charge in [-0.05, 0) is 135 Å². The summed E-state index contributed by atoms with van der Waals surface area (Å²) in [4.78, 5) is 38.3. The summed E-state index contributed by atoms with van der Waals surface area (Å²) in [5, 5.41) is 0. The highest BCUT2D eigenvalue weighted by molar-refractivity contribution is 5.71. The van der Waals surface area contributed by atoms with Crippen molar-refractivity contribution in [2.75, 3.05) is 13.2 Å². The number of rotatable bonds is 55. The molecule has 0 heterocycles. The molecule has 6 nitrogen and oxygen atoms in total. The van der Waals surface area contributed by atoms with E-state index in [2.05, 4.69) is 154 Å². The summed E-state index contributed by atoms with van der Waals surface area (Å²) in [6.45, 7) is 6.38. The molecule has 0 aliphatic carbocycles. The predicted octanol–water partition coefficient (Wildman–Crippen LogP) is 21.4. The van der Waals surface area contributed by atoms with Crippen LogP contribution in [0.25, 0.3) is 0 Å². The second-order valence-corrected chi connectivity index (χ2v) is 20.2. The minimum Gasteiger partial charge on any atom is -0.462 e. The monoisotopic (exact) mass is 1050 g/mol. The lowest BCUT2D eigenvalue weighted by atomic mass is 10.1. The van der Waals surface area contributed by atoms with Gasteiger partial charge in [0.15, 0.2) is 6.10 Å². The first-order valence-electron chi connectivity index (χ1n) is 31.2. The van der Waals surface area contributed by atoms with Gasteiger partial charge in [0, 0.05) is 19.3 Å². The molecule has 0 saturated heterocycles. The molecular formula is C70H114O6. The van der Waals surface area contributed by atoms with Crippen LogP contribution >= 0.6 is 0 Å². The molecule has 0 fully saturated rings. The number of carbonyl (C=O) groups excluding carboxylic acids is 3. The van der Waals surface area contributed by atoms with Crippen molar-refractivity contribution in [1.29, 1.82) is 0 Å². The fourth-order valence-electron chi connectivity index (χ4n) is 8.25. The molecule has 0 aliphatic heterocycles. The van der Waals surface area contributed by atoms with Crippen LogP contribution in [0.15, 0.2) is 134 Å². The van der Waals surface area contributed by atoms with E-state index >= 15 is 0 Å². The third-order valence-electron chi connectivity index (χ3n) is 12.9. The van der Waals surface area contributed by atoms with Crippen LogP contribution in [-0.2, 0) is 28.6 Å². The molecular weight excluding hydrogens is 937 g/mol. The average Bonchev–Trinajstić information content (AvgIpc) is 3.42. The van der Waals surface area contributed by atoms with Gasteiger partial charge in [-0.2, -0.15) is 0 Å². The summed E-state index contributed by atoms with van der Waals surface area (Å²) >= 11 is 0. The Bertz CT molecular complexity index is 1630. The molecule has 0 spiro atoms. The summed E-state index contributed by atoms with van der Waals surface area (Å²) in [6.07, 6.45) is 88.8. The molecule has 1 unspecified atom stereocenters. The Balaban J connectivity index is 4.43. The smallest absolute Gasteiger partial charge is 0.306 e. The molecule has 0 aliphatic rings. The zero-order valence-electron chi connectivity index (χ0n) is 49.2. The lowest BCUT2D eigenvalue weighted by molar-refractivity contribution is -0.167. The topological polar surface area (TPSA) is 78.9 Å². The number of allylic oxidation sites excluding steroid dienone is 22. The average molecular weight is 1050 g/mol. The van der Waals surface area contributed by atoms with Gasteiger partial charge in [-0.25, -0.2) is 0 Å². The van der Waals surface area contributed by atoms with E-state index in [-0.39, 0.29) is 31.1 Å². The number of esters is 3. The first kappa shape index (κ1) is 71.5. The van der Waals surface area contributed by atoms with Crippen molar-refractivity contribution >= 4 is 17.9 Å². The van der Waals surface area contributed by atoms with Crippen LogP contribution in [0.2, 0.25) is 0 Å². The Morgan fingerprint density at radius 1 is 0.276 bits per heavy atom. The van der Waals surface area contributed by atoms with E-state index in [0.29, 0.717) is 19.3 Å².